The number of halogens is 1. The SMILES string of the molecule is O=C(Nc1ccc(F)cc1)Nc1ccc(C(=O)O)c(O)c1. The fourth-order valence-electron chi connectivity index (χ4n) is 1.62. The van der Waals surface area contributed by atoms with E-state index in [2.05, 4.69) is 10.6 Å². The number of aromatic hydroxyl groups is 1. The summed E-state index contributed by atoms with van der Waals surface area (Å²) in [5, 5.41) is 23.1. The van der Waals surface area contributed by atoms with Gasteiger partial charge in [0, 0.05) is 17.4 Å². The van der Waals surface area contributed by atoms with Crippen molar-refractivity contribution >= 4 is 23.4 Å². The normalized spacial score (nSPS) is 9.95. The summed E-state index contributed by atoms with van der Waals surface area (Å²) in [7, 11) is 0. The molecule has 0 saturated heterocycles. The van der Waals surface area contributed by atoms with Crippen molar-refractivity contribution in [3.05, 3.63) is 53.8 Å². The number of rotatable bonds is 3. The molecular weight excluding hydrogens is 279 g/mol. The highest BCUT2D eigenvalue weighted by molar-refractivity contribution is 6.00. The van der Waals surface area contributed by atoms with Crippen molar-refractivity contribution in [2.75, 3.05) is 10.6 Å². The van der Waals surface area contributed by atoms with Crippen LogP contribution in [0.2, 0.25) is 0 Å². The minimum Gasteiger partial charge on any atom is -0.507 e. The van der Waals surface area contributed by atoms with Crippen LogP contribution in [0.4, 0.5) is 20.6 Å². The quantitative estimate of drug-likeness (QED) is 0.698. The lowest BCUT2D eigenvalue weighted by Crippen LogP contribution is -2.19. The Bertz CT molecular complexity index is 686. The Kier molecular flexibility index (Phi) is 4.03. The monoisotopic (exact) mass is 290 g/mol. The molecule has 4 N–H and O–H groups in total. The highest BCUT2D eigenvalue weighted by Gasteiger charge is 2.11. The summed E-state index contributed by atoms with van der Waals surface area (Å²) in [5.41, 5.74) is 0.344. The Morgan fingerprint density at radius 2 is 1.52 bits per heavy atom. The smallest absolute Gasteiger partial charge is 0.339 e. The van der Waals surface area contributed by atoms with E-state index in [-0.39, 0.29) is 11.3 Å². The van der Waals surface area contributed by atoms with E-state index in [1.165, 1.54) is 36.4 Å². The highest BCUT2D eigenvalue weighted by Crippen LogP contribution is 2.22. The Morgan fingerprint density at radius 1 is 0.952 bits per heavy atom. The van der Waals surface area contributed by atoms with Gasteiger partial charge in [0.15, 0.2) is 0 Å². The van der Waals surface area contributed by atoms with E-state index in [0.29, 0.717) is 5.69 Å². The van der Waals surface area contributed by atoms with Gasteiger partial charge in [0.2, 0.25) is 0 Å². The molecule has 0 heterocycles. The summed E-state index contributed by atoms with van der Waals surface area (Å²) in [6.45, 7) is 0. The van der Waals surface area contributed by atoms with Crippen LogP contribution in [0.1, 0.15) is 10.4 Å². The van der Waals surface area contributed by atoms with Crippen molar-refractivity contribution in [2.24, 2.45) is 0 Å². The molecule has 0 aliphatic carbocycles. The maximum Gasteiger partial charge on any atom is 0.339 e. The molecule has 0 unspecified atom stereocenters. The third kappa shape index (κ3) is 3.69. The third-order valence-electron chi connectivity index (χ3n) is 2.59. The molecule has 2 rings (SSSR count). The summed E-state index contributed by atoms with van der Waals surface area (Å²) in [6, 6.07) is 8.20. The number of hydrogen-bond acceptors (Lipinski definition) is 3. The number of nitrogens with one attached hydrogen (secondary N) is 2. The first-order chi connectivity index (χ1) is 9.95. The number of aromatic carboxylic acids is 1. The van der Waals surface area contributed by atoms with Gasteiger partial charge in [0.25, 0.3) is 0 Å². The van der Waals surface area contributed by atoms with Crippen LogP contribution in [0.15, 0.2) is 42.5 Å². The van der Waals surface area contributed by atoms with Crippen LogP contribution in [-0.4, -0.2) is 22.2 Å². The molecule has 2 aromatic rings. The first kappa shape index (κ1) is 14.3. The minimum absolute atomic E-state index is 0.220. The van der Waals surface area contributed by atoms with Crippen LogP contribution in [0.5, 0.6) is 5.75 Å². The molecule has 0 aromatic heterocycles. The Hall–Kier alpha value is -3.09. The molecule has 0 spiro atoms. The molecule has 0 aliphatic heterocycles. The number of carboxylic acid groups (broad SMARTS) is 1. The summed E-state index contributed by atoms with van der Waals surface area (Å²) in [6.07, 6.45) is 0. The van der Waals surface area contributed by atoms with Gasteiger partial charge in [-0.25, -0.2) is 14.0 Å². The van der Waals surface area contributed by atoms with E-state index in [9.17, 15) is 19.1 Å². The zero-order valence-electron chi connectivity index (χ0n) is 10.6. The second-order valence-corrected chi connectivity index (χ2v) is 4.12. The van der Waals surface area contributed by atoms with Crippen molar-refractivity contribution in [1.82, 2.24) is 0 Å². The number of carbonyl (C=O) groups excluding carboxylic acids is 1. The number of benzene rings is 2. The Balaban J connectivity index is 2.04. The molecule has 0 atom stereocenters. The van der Waals surface area contributed by atoms with E-state index in [0.717, 1.165) is 6.07 Å². The Morgan fingerprint density at radius 3 is 2.10 bits per heavy atom. The lowest BCUT2D eigenvalue weighted by atomic mass is 10.2. The van der Waals surface area contributed by atoms with Gasteiger partial charge in [-0.1, -0.05) is 0 Å². The lowest BCUT2D eigenvalue weighted by molar-refractivity contribution is 0.0694. The molecule has 0 aliphatic rings. The number of phenols is 1. The number of carbonyl (C=O) groups is 2. The van der Waals surface area contributed by atoms with E-state index in [4.69, 9.17) is 5.11 Å². The second-order valence-electron chi connectivity index (χ2n) is 4.12. The summed E-state index contributed by atoms with van der Waals surface area (Å²) >= 11 is 0. The van der Waals surface area contributed by atoms with Crippen LogP contribution >= 0.6 is 0 Å². The number of anilines is 2. The van der Waals surface area contributed by atoms with Crippen molar-refractivity contribution in [3.8, 4) is 5.75 Å². The maximum absolute atomic E-state index is 12.7. The third-order valence-corrected chi connectivity index (χ3v) is 2.59. The molecule has 6 nitrogen and oxygen atoms in total. The van der Waals surface area contributed by atoms with Gasteiger partial charge < -0.3 is 20.8 Å². The molecule has 0 radical (unpaired) electrons. The van der Waals surface area contributed by atoms with Gasteiger partial charge in [-0.2, -0.15) is 0 Å². The van der Waals surface area contributed by atoms with Crippen LogP contribution in [-0.2, 0) is 0 Å². The van der Waals surface area contributed by atoms with Crippen molar-refractivity contribution in [1.29, 1.82) is 0 Å². The topological polar surface area (TPSA) is 98.7 Å². The summed E-state index contributed by atoms with van der Waals surface area (Å²) in [4.78, 5) is 22.4. The summed E-state index contributed by atoms with van der Waals surface area (Å²) in [5.74, 6) is -2.15. The average molecular weight is 290 g/mol. The van der Waals surface area contributed by atoms with Gasteiger partial charge in [0.1, 0.15) is 17.1 Å². The summed E-state index contributed by atoms with van der Waals surface area (Å²) < 4.78 is 12.7. The van der Waals surface area contributed by atoms with Gasteiger partial charge >= 0.3 is 12.0 Å². The highest BCUT2D eigenvalue weighted by atomic mass is 19.1. The standard InChI is InChI=1S/C14H11FN2O4/c15-8-1-3-9(4-2-8)16-14(21)17-10-5-6-11(13(19)20)12(18)7-10/h1-7,18H,(H,19,20)(H2,16,17,21). The minimum atomic E-state index is -1.27. The lowest BCUT2D eigenvalue weighted by Gasteiger charge is -2.08. The second kappa shape index (κ2) is 5.91. The number of amides is 2. The van der Waals surface area contributed by atoms with E-state index >= 15 is 0 Å². The number of urea groups is 1. The van der Waals surface area contributed by atoms with Gasteiger partial charge in [0.05, 0.1) is 0 Å². The number of carboxylic acids is 1. The molecule has 108 valence electrons. The van der Waals surface area contributed by atoms with E-state index < -0.39 is 23.6 Å². The maximum atomic E-state index is 12.7. The molecule has 2 aromatic carbocycles. The zero-order valence-corrected chi connectivity index (χ0v) is 10.6. The average Bonchev–Trinajstić information content (AvgIpc) is 2.41. The first-order valence-corrected chi connectivity index (χ1v) is 5.85. The first-order valence-electron chi connectivity index (χ1n) is 5.85. The predicted molar refractivity (Wildman–Crippen MR) is 74.1 cm³/mol. The van der Waals surface area contributed by atoms with Crippen molar-refractivity contribution in [3.63, 3.8) is 0 Å². The Labute approximate surface area is 118 Å². The van der Waals surface area contributed by atoms with Crippen LogP contribution in [0, 0.1) is 5.82 Å². The van der Waals surface area contributed by atoms with Crippen molar-refractivity contribution in [2.45, 2.75) is 0 Å². The fourth-order valence-corrected chi connectivity index (χ4v) is 1.62. The van der Waals surface area contributed by atoms with Crippen molar-refractivity contribution < 1.29 is 24.2 Å². The predicted octanol–water partition coefficient (Wildman–Crippen LogP) is 2.87. The van der Waals surface area contributed by atoms with Gasteiger partial charge in [-0.05, 0) is 36.4 Å². The largest absolute Gasteiger partial charge is 0.507 e. The molecule has 7 heteroatoms. The van der Waals surface area contributed by atoms with Gasteiger partial charge in [-0.3, -0.25) is 0 Å². The molecular formula is C14H11FN2O4. The van der Waals surface area contributed by atoms with Crippen LogP contribution in [0.25, 0.3) is 0 Å². The fraction of sp³-hybridized carbons (Fsp3) is 0. The molecule has 21 heavy (non-hydrogen) atoms. The van der Waals surface area contributed by atoms with Crippen LogP contribution in [0.3, 0.4) is 0 Å². The molecule has 0 fully saturated rings. The van der Waals surface area contributed by atoms with E-state index in [1.54, 1.807) is 0 Å². The molecule has 2 amide bonds. The number of hydrogen-bond donors (Lipinski definition) is 4. The molecule has 0 saturated carbocycles. The van der Waals surface area contributed by atoms with Crippen LogP contribution < -0.4 is 10.6 Å². The van der Waals surface area contributed by atoms with Gasteiger partial charge in [-0.15, -0.1) is 0 Å². The van der Waals surface area contributed by atoms with E-state index in [1.807, 2.05) is 0 Å². The molecule has 0 bridgehead atoms. The zero-order chi connectivity index (χ0) is 15.4.